The molecule has 0 rings (SSSR count). The van der Waals surface area contributed by atoms with Crippen LogP contribution >= 0.6 is 0 Å². The maximum Gasteiger partial charge on any atom is 0.0462 e. The number of halogens is 1. The van der Waals surface area contributed by atoms with Gasteiger partial charge in [-0.15, -0.1) is 9.60 Å². The first-order valence-electron chi connectivity index (χ1n) is 4.22. The van der Waals surface area contributed by atoms with Gasteiger partial charge in [0.1, 0.15) is 0 Å². The van der Waals surface area contributed by atoms with Crippen LogP contribution < -0.4 is 0 Å². The van der Waals surface area contributed by atoms with Gasteiger partial charge in [-0.05, 0) is 5.92 Å². The lowest BCUT2D eigenvalue weighted by Crippen LogP contribution is -2.27. The van der Waals surface area contributed by atoms with Gasteiger partial charge < -0.3 is 4.90 Å². The molecule has 2 nitrogen and oxygen atoms in total. The molecule has 0 aliphatic carbocycles. The Labute approximate surface area is 74.6 Å². The Morgan fingerprint density at radius 3 is 2.17 bits per heavy atom. The van der Waals surface area contributed by atoms with Crippen LogP contribution in [0.5, 0.6) is 0 Å². The molecule has 0 unspecified atom stereocenters. The predicted octanol–water partition coefficient (Wildman–Crippen LogP) is 1.90. The van der Waals surface area contributed by atoms with Gasteiger partial charge in [0.05, 0.1) is 0 Å². The van der Waals surface area contributed by atoms with Crippen LogP contribution in [-0.4, -0.2) is 37.2 Å². The highest BCUT2D eigenvalue weighted by Gasteiger charge is 2.06. The topological polar surface area (TPSA) is 6.48 Å². The maximum absolute atomic E-state index is 12.3. The summed E-state index contributed by atoms with van der Waals surface area (Å²) in [4.78, 5) is 1.99. The van der Waals surface area contributed by atoms with Crippen LogP contribution in [0.1, 0.15) is 13.8 Å². The molecule has 12 heavy (non-hydrogen) atoms. The molecule has 0 aliphatic rings. The number of rotatable bonds is 5. The van der Waals surface area contributed by atoms with E-state index in [1.807, 2.05) is 11.9 Å². The third kappa shape index (κ3) is 4.34. The van der Waals surface area contributed by atoms with Gasteiger partial charge in [0, 0.05) is 32.9 Å². The summed E-state index contributed by atoms with van der Waals surface area (Å²) in [6.45, 7) is 9.18. The Bertz CT molecular complexity index is 143. The first kappa shape index (κ1) is 11.4. The highest BCUT2D eigenvalue weighted by atomic mass is 19.2. The molecular formula is C9H19FN2. The average Bonchev–Trinajstić information content (AvgIpc) is 1.98. The molecular weight excluding hydrogens is 155 g/mol. The van der Waals surface area contributed by atoms with Crippen molar-refractivity contribution in [2.45, 2.75) is 13.8 Å². The molecule has 0 spiro atoms. The molecule has 0 atom stereocenters. The fourth-order valence-corrected chi connectivity index (χ4v) is 0.872. The van der Waals surface area contributed by atoms with Crippen molar-refractivity contribution in [3.63, 3.8) is 0 Å². The molecule has 0 radical (unpaired) electrons. The quantitative estimate of drug-likeness (QED) is 0.587. The molecule has 0 fully saturated rings. The second-order valence-electron chi connectivity index (χ2n) is 3.40. The number of nitrogens with zero attached hydrogens (tertiary/aromatic N) is 2. The van der Waals surface area contributed by atoms with Crippen LogP contribution in [0.4, 0.5) is 4.48 Å². The molecule has 0 saturated carbocycles. The Balaban J connectivity index is 3.72. The normalized spacial score (nSPS) is 10.9. The van der Waals surface area contributed by atoms with Crippen LogP contribution in [-0.2, 0) is 0 Å². The van der Waals surface area contributed by atoms with E-state index in [9.17, 15) is 4.48 Å². The van der Waals surface area contributed by atoms with Crippen molar-refractivity contribution in [2.75, 3.05) is 27.2 Å². The zero-order valence-electron chi connectivity index (χ0n) is 8.47. The Kier molecular flexibility index (Phi) is 4.90. The number of allylic oxidation sites excluding steroid dienone is 1. The van der Waals surface area contributed by atoms with Crippen molar-refractivity contribution in [3.8, 4) is 0 Å². The van der Waals surface area contributed by atoms with Crippen LogP contribution in [0.25, 0.3) is 0 Å². The van der Waals surface area contributed by atoms with Gasteiger partial charge in [0.15, 0.2) is 0 Å². The SMILES string of the molecule is C=C(C(C)C)N(C)CCN(C)F. The molecule has 0 saturated heterocycles. The number of likely N-dealkylation sites (N-methyl/N-ethyl adjacent to an activating group) is 2. The van der Waals surface area contributed by atoms with E-state index in [2.05, 4.69) is 20.4 Å². The first-order chi connectivity index (χ1) is 5.45. The lowest BCUT2D eigenvalue weighted by atomic mass is 10.1. The molecule has 0 N–H and O–H groups in total. The largest absolute Gasteiger partial charge is 0.377 e. The van der Waals surface area contributed by atoms with Crippen molar-refractivity contribution in [2.24, 2.45) is 5.92 Å². The summed E-state index contributed by atoms with van der Waals surface area (Å²) in [6, 6.07) is 0. The summed E-state index contributed by atoms with van der Waals surface area (Å²) in [6.07, 6.45) is 0. The van der Waals surface area contributed by atoms with E-state index in [-0.39, 0.29) is 0 Å². The second kappa shape index (κ2) is 5.14. The molecule has 0 bridgehead atoms. The Morgan fingerprint density at radius 1 is 1.33 bits per heavy atom. The monoisotopic (exact) mass is 174 g/mol. The molecule has 0 aromatic carbocycles. The fourth-order valence-electron chi connectivity index (χ4n) is 0.872. The molecule has 72 valence electrons. The predicted molar refractivity (Wildman–Crippen MR) is 50.3 cm³/mol. The number of hydrogen-bond donors (Lipinski definition) is 0. The van der Waals surface area contributed by atoms with Gasteiger partial charge in [-0.25, -0.2) is 0 Å². The van der Waals surface area contributed by atoms with Gasteiger partial charge in [-0.1, -0.05) is 20.4 Å². The number of hydrogen-bond acceptors (Lipinski definition) is 2. The Hall–Kier alpha value is -0.570. The zero-order valence-corrected chi connectivity index (χ0v) is 8.47. The van der Waals surface area contributed by atoms with E-state index in [0.717, 1.165) is 5.70 Å². The van der Waals surface area contributed by atoms with Crippen molar-refractivity contribution in [1.29, 1.82) is 0 Å². The van der Waals surface area contributed by atoms with Gasteiger partial charge in [0.2, 0.25) is 0 Å². The summed E-state index contributed by atoms with van der Waals surface area (Å²) in [5.41, 5.74) is 1.05. The van der Waals surface area contributed by atoms with Gasteiger partial charge in [-0.3, -0.25) is 0 Å². The lowest BCUT2D eigenvalue weighted by Gasteiger charge is -2.24. The van der Waals surface area contributed by atoms with Crippen molar-refractivity contribution in [3.05, 3.63) is 12.3 Å². The molecule has 3 heteroatoms. The van der Waals surface area contributed by atoms with Gasteiger partial charge in [0.25, 0.3) is 0 Å². The molecule has 0 aromatic rings. The second-order valence-corrected chi connectivity index (χ2v) is 3.40. The molecule has 0 aromatic heterocycles. The van der Waals surface area contributed by atoms with Crippen molar-refractivity contribution < 1.29 is 4.48 Å². The minimum absolute atomic E-state index is 0.419. The summed E-state index contributed by atoms with van der Waals surface area (Å²) in [5, 5.41) is 0.685. The lowest BCUT2D eigenvalue weighted by molar-refractivity contribution is 0.0527. The van der Waals surface area contributed by atoms with E-state index >= 15 is 0 Å². The van der Waals surface area contributed by atoms with E-state index in [0.29, 0.717) is 24.1 Å². The fraction of sp³-hybridized carbons (Fsp3) is 0.778. The summed E-state index contributed by atoms with van der Waals surface area (Å²) in [5.74, 6) is 0.430. The summed E-state index contributed by atoms with van der Waals surface area (Å²) < 4.78 is 12.3. The zero-order chi connectivity index (χ0) is 9.72. The van der Waals surface area contributed by atoms with Crippen molar-refractivity contribution >= 4 is 0 Å². The van der Waals surface area contributed by atoms with Crippen LogP contribution in [0.2, 0.25) is 0 Å². The minimum atomic E-state index is 0.419. The molecule has 0 heterocycles. The standard InChI is InChI=1S/C9H19FN2/c1-8(2)9(3)11(4)6-7-12(5)10/h8H,3,6-7H2,1-2,4-5H3. The summed E-state index contributed by atoms with van der Waals surface area (Å²) in [7, 11) is 3.36. The third-order valence-electron chi connectivity index (χ3n) is 1.90. The van der Waals surface area contributed by atoms with E-state index < -0.39 is 0 Å². The summed E-state index contributed by atoms with van der Waals surface area (Å²) >= 11 is 0. The highest BCUT2D eigenvalue weighted by molar-refractivity contribution is 4.95. The van der Waals surface area contributed by atoms with E-state index in [1.54, 1.807) is 0 Å². The van der Waals surface area contributed by atoms with Crippen LogP contribution in [0.3, 0.4) is 0 Å². The first-order valence-corrected chi connectivity index (χ1v) is 4.22. The minimum Gasteiger partial charge on any atom is -0.377 e. The maximum atomic E-state index is 12.3. The third-order valence-corrected chi connectivity index (χ3v) is 1.90. The van der Waals surface area contributed by atoms with Crippen molar-refractivity contribution in [1.82, 2.24) is 10.0 Å². The highest BCUT2D eigenvalue weighted by Crippen LogP contribution is 2.09. The van der Waals surface area contributed by atoms with Gasteiger partial charge in [-0.2, -0.15) is 0 Å². The molecule has 0 aliphatic heterocycles. The molecule has 0 amide bonds. The van der Waals surface area contributed by atoms with Gasteiger partial charge >= 0.3 is 0 Å². The van der Waals surface area contributed by atoms with E-state index in [1.165, 1.54) is 7.05 Å². The smallest absolute Gasteiger partial charge is 0.0462 e. The van der Waals surface area contributed by atoms with Crippen LogP contribution in [0, 0.1) is 5.92 Å². The Morgan fingerprint density at radius 2 is 1.83 bits per heavy atom. The van der Waals surface area contributed by atoms with E-state index in [4.69, 9.17) is 0 Å². The average molecular weight is 174 g/mol. The van der Waals surface area contributed by atoms with Crippen LogP contribution in [0.15, 0.2) is 12.3 Å².